The van der Waals surface area contributed by atoms with Crippen molar-refractivity contribution in [3.63, 3.8) is 0 Å². The van der Waals surface area contributed by atoms with E-state index in [2.05, 4.69) is 45.6 Å². The number of aryl methyl sites for hydroxylation is 1. The summed E-state index contributed by atoms with van der Waals surface area (Å²) in [6.07, 6.45) is 1.05. The Kier molecular flexibility index (Phi) is 9.44. The first-order chi connectivity index (χ1) is 13.9. The van der Waals surface area contributed by atoms with E-state index in [9.17, 15) is 4.79 Å². The highest BCUT2D eigenvalue weighted by Crippen LogP contribution is 2.36. The van der Waals surface area contributed by atoms with E-state index < -0.39 is 0 Å². The van der Waals surface area contributed by atoms with Gasteiger partial charge in [0.25, 0.3) is 5.91 Å². The second-order valence-corrected chi connectivity index (χ2v) is 7.95. The van der Waals surface area contributed by atoms with Gasteiger partial charge in [0.1, 0.15) is 0 Å². The van der Waals surface area contributed by atoms with Crippen molar-refractivity contribution < 1.29 is 14.3 Å². The highest BCUT2D eigenvalue weighted by atomic mass is 79.9. The molecule has 0 aliphatic carbocycles. The number of methoxy groups -OCH3 is 1. The third kappa shape index (κ3) is 7.68. The zero-order chi connectivity index (χ0) is 21.2. The molecule has 0 atom stereocenters. The molecular weight excluding hydrogens is 434 g/mol. The Morgan fingerprint density at radius 3 is 2.52 bits per heavy atom. The number of carbonyl (C=O) groups excluding carboxylic acids is 1. The Hall–Kier alpha value is -2.09. The first-order valence-corrected chi connectivity index (χ1v) is 10.4. The number of ether oxygens (including phenoxy) is 2. The Labute approximate surface area is 181 Å². The topological polar surface area (TPSA) is 62.8 Å². The predicted molar refractivity (Wildman–Crippen MR) is 121 cm³/mol. The number of carbonyl (C=O) groups is 1. The molecular formula is C22H30BrN3O3. The summed E-state index contributed by atoms with van der Waals surface area (Å²) in [6, 6.07) is 11.4. The Morgan fingerprint density at radius 1 is 1.14 bits per heavy atom. The maximum atomic E-state index is 12.3. The third-order valence-electron chi connectivity index (χ3n) is 4.33. The third-order valence-corrected chi connectivity index (χ3v) is 5.07. The molecule has 0 heterocycles. The number of halogens is 1. The van der Waals surface area contributed by atoms with E-state index in [0.29, 0.717) is 18.0 Å². The van der Waals surface area contributed by atoms with Gasteiger partial charge in [-0.3, -0.25) is 4.79 Å². The van der Waals surface area contributed by atoms with E-state index >= 15 is 0 Å². The van der Waals surface area contributed by atoms with Gasteiger partial charge >= 0.3 is 0 Å². The normalized spacial score (nSPS) is 10.8. The molecule has 7 heteroatoms. The summed E-state index contributed by atoms with van der Waals surface area (Å²) in [6.45, 7) is 4.42. The Morgan fingerprint density at radius 2 is 1.86 bits per heavy atom. The van der Waals surface area contributed by atoms with Gasteiger partial charge in [0.2, 0.25) is 0 Å². The quantitative estimate of drug-likeness (QED) is 0.495. The molecule has 2 rings (SSSR count). The molecule has 2 aromatic carbocycles. The van der Waals surface area contributed by atoms with E-state index in [4.69, 9.17) is 9.47 Å². The van der Waals surface area contributed by atoms with E-state index in [1.54, 1.807) is 7.11 Å². The fourth-order valence-electron chi connectivity index (χ4n) is 2.77. The van der Waals surface area contributed by atoms with Gasteiger partial charge in [-0.05, 0) is 64.8 Å². The lowest BCUT2D eigenvalue weighted by atomic mass is 10.1. The summed E-state index contributed by atoms with van der Waals surface area (Å²) < 4.78 is 12.2. The van der Waals surface area contributed by atoms with Gasteiger partial charge in [0.05, 0.1) is 7.11 Å². The van der Waals surface area contributed by atoms with Crippen molar-refractivity contribution in [1.29, 1.82) is 0 Å². The van der Waals surface area contributed by atoms with Crippen LogP contribution in [-0.2, 0) is 11.3 Å². The van der Waals surface area contributed by atoms with Crippen molar-refractivity contribution in [1.82, 2.24) is 10.2 Å². The van der Waals surface area contributed by atoms with E-state index in [1.165, 1.54) is 0 Å². The van der Waals surface area contributed by atoms with Crippen molar-refractivity contribution in [3.8, 4) is 11.5 Å². The monoisotopic (exact) mass is 463 g/mol. The number of anilines is 1. The molecule has 0 spiro atoms. The summed E-state index contributed by atoms with van der Waals surface area (Å²) in [4.78, 5) is 14.5. The van der Waals surface area contributed by atoms with Crippen LogP contribution < -0.4 is 20.1 Å². The first kappa shape index (κ1) is 23.2. The van der Waals surface area contributed by atoms with Crippen molar-refractivity contribution in [3.05, 3.63) is 52.0 Å². The molecule has 0 radical (unpaired) electrons. The van der Waals surface area contributed by atoms with E-state index in [1.807, 2.05) is 43.3 Å². The first-order valence-electron chi connectivity index (χ1n) is 9.61. The van der Waals surface area contributed by atoms with Gasteiger partial charge in [-0.1, -0.05) is 33.6 Å². The molecule has 0 saturated heterocycles. The Bertz CT molecular complexity index is 795. The van der Waals surface area contributed by atoms with Crippen LogP contribution in [-0.4, -0.2) is 51.7 Å². The van der Waals surface area contributed by atoms with Crippen molar-refractivity contribution in [2.24, 2.45) is 0 Å². The van der Waals surface area contributed by atoms with E-state index in [-0.39, 0.29) is 12.5 Å². The van der Waals surface area contributed by atoms with Gasteiger partial charge in [0, 0.05) is 22.3 Å². The molecule has 0 fully saturated rings. The lowest BCUT2D eigenvalue weighted by molar-refractivity contribution is -0.118. The number of nitrogens with zero attached hydrogens (tertiary/aromatic N) is 1. The summed E-state index contributed by atoms with van der Waals surface area (Å²) in [7, 11) is 5.72. The molecule has 158 valence electrons. The average molecular weight is 464 g/mol. The minimum atomic E-state index is -0.222. The fourth-order valence-corrected chi connectivity index (χ4v) is 3.22. The molecule has 0 aliphatic rings. The average Bonchev–Trinajstić information content (AvgIpc) is 2.69. The van der Waals surface area contributed by atoms with Crippen molar-refractivity contribution in [2.45, 2.75) is 19.9 Å². The number of hydrogen-bond acceptors (Lipinski definition) is 5. The lowest BCUT2D eigenvalue weighted by Gasteiger charge is -2.17. The largest absolute Gasteiger partial charge is 0.493 e. The zero-order valence-electron chi connectivity index (χ0n) is 17.5. The molecule has 0 aliphatic heterocycles. The number of hydrogen-bond donors (Lipinski definition) is 2. The number of rotatable bonds is 11. The maximum Gasteiger partial charge on any atom is 0.262 e. The van der Waals surface area contributed by atoms with Gasteiger partial charge < -0.3 is 25.0 Å². The smallest absolute Gasteiger partial charge is 0.262 e. The molecule has 2 N–H and O–H groups in total. The van der Waals surface area contributed by atoms with Gasteiger partial charge in [-0.25, -0.2) is 0 Å². The molecule has 0 saturated carbocycles. The highest BCUT2D eigenvalue weighted by molar-refractivity contribution is 9.10. The fraction of sp³-hybridized carbons (Fsp3) is 0.409. The predicted octanol–water partition coefficient (Wildman–Crippen LogP) is 3.82. The highest BCUT2D eigenvalue weighted by Gasteiger charge is 2.16. The van der Waals surface area contributed by atoms with Crippen LogP contribution in [0.15, 0.2) is 40.9 Å². The van der Waals surface area contributed by atoms with E-state index in [0.717, 1.165) is 40.8 Å². The van der Waals surface area contributed by atoms with Crippen LogP contribution in [0.4, 0.5) is 5.69 Å². The van der Waals surface area contributed by atoms with Crippen LogP contribution in [0.3, 0.4) is 0 Å². The second kappa shape index (κ2) is 11.8. The van der Waals surface area contributed by atoms with Crippen LogP contribution in [0.25, 0.3) is 0 Å². The Balaban J connectivity index is 2.00. The maximum absolute atomic E-state index is 12.3. The molecule has 0 bridgehead atoms. The van der Waals surface area contributed by atoms with Crippen molar-refractivity contribution >= 4 is 27.5 Å². The number of benzene rings is 2. The molecule has 0 unspecified atom stereocenters. The van der Waals surface area contributed by atoms with Crippen LogP contribution in [0.1, 0.15) is 17.5 Å². The van der Waals surface area contributed by atoms with Gasteiger partial charge in [0.15, 0.2) is 18.1 Å². The molecule has 2 aromatic rings. The van der Waals surface area contributed by atoms with Crippen molar-refractivity contribution in [2.75, 3.05) is 46.2 Å². The van der Waals surface area contributed by atoms with Crippen LogP contribution in [0.5, 0.6) is 11.5 Å². The summed E-state index contributed by atoms with van der Waals surface area (Å²) in [5, 5.41) is 6.27. The van der Waals surface area contributed by atoms with Crippen LogP contribution in [0.2, 0.25) is 0 Å². The molecule has 29 heavy (non-hydrogen) atoms. The zero-order valence-corrected chi connectivity index (χ0v) is 19.1. The lowest BCUT2D eigenvalue weighted by Crippen LogP contribution is -2.23. The summed E-state index contributed by atoms with van der Waals surface area (Å²) >= 11 is 3.59. The SMILES string of the molecule is COc1ccc(Br)c(CNCCCN(C)C)c1OCC(=O)Nc1ccc(C)cc1. The number of amides is 1. The minimum Gasteiger partial charge on any atom is -0.493 e. The van der Waals surface area contributed by atoms with Gasteiger partial charge in [-0.2, -0.15) is 0 Å². The minimum absolute atomic E-state index is 0.103. The van der Waals surface area contributed by atoms with Crippen LogP contribution in [0, 0.1) is 6.92 Å². The van der Waals surface area contributed by atoms with Gasteiger partial charge in [-0.15, -0.1) is 0 Å². The molecule has 0 aromatic heterocycles. The molecule has 1 amide bonds. The van der Waals surface area contributed by atoms with Crippen LogP contribution >= 0.6 is 15.9 Å². The molecule has 6 nitrogen and oxygen atoms in total. The number of nitrogens with one attached hydrogen (secondary N) is 2. The summed E-state index contributed by atoms with van der Waals surface area (Å²) in [5.41, 5.74) is 2.81. The summed E-state index contributed by atoms with van der Waals surface area (Å²) in [5.74, 6) is 0.947. The second-order valence-electron chi connectivity index (χ2n) is 7.09. The standard InChI is InChI=1S/C22H30BrN3O3/c1-16-6-8-17(9-7-16)25-21(27)15-29-22-18(14-24-12-5-13-26(2)3)19(23)10-11-20(22)28-4/h6-11,24H,5,12-15H2,1-4H3,(H,25,27).